The van der Waals surface area contributed by atoms with Crippen molar-refractivity contribution in [2.75, 3.05) is 30.9 Å². The average molecular weight is 464 g/mol. The number of carbonyl (C=O) groups is 1. The number of anilines is 1. The van der Waals surface area contributed by atoms with E-state index in [0.717, 1.165) is 25.2 Å². The second-order valence-corrected chi connectivity index (χ2v) is 10.1. The van der Waals surface area contributed by atoms with Gasteiger partial charge >= 0.3 is 0 Å². The van der Waals surface area contributed by atoms with Crippen LogP contribution in [0.3, 0.4) is 0 Å². The third-order valence-electron chi connectivity index (χ3n) is 6.02. The molecule has 6 nitrogen and oxygen atoms in total. The van der Waals surface area contributed by atoms with Gasteiger partial charge in [0.15, 0.2) is 0 Å². The summed E-state index contributed by atoms with van der Waals surface area (Å²) >= 11 is 0. The van der Waals surface area contributed by atoms with E-state index in [2.05, 4.69) is 21.8 Å². The minimum Gasteiger partial charge on any atom is -0.336 e. The van der Waals surface area contributed by atoms with Crippen LogP contribution in [-0.2, 0) is 16.6 Å². The minimum absolute atomic E-state index is 0.124. The van der Waals surface area contributed by atoms with Crippen molar-refractivity contribution in [2.45, 2.75) is 25.3 Å². The number of nitrogens with one attached hydrogen (secondary N) is 1. The van der Waals surface area contributed by atoms with Gasteiger partial charge in [0, 0.05) is 38.3 Å². The van der Waals surface area contributed by atoms with Crippen molar-refractivity contribution in [3.05, 3.63) is 95.1 Å². The van der Waals surface area contributed by atoms with Crippen LogP contribution in [0.25, 0.3) is 0 Å². The monoisotopic (exact) mass is 463 g/mol. The quantitative estimate of drug-likeness (QED) is 0.599. The summed E-state index contributed by atoms with van der Waals surface area (Å²) in [5.41, 5.74) is 3.61. The Morgan fingerprint density at radius 1 is 0.848 bits per heavy atom. The number of hydrogen-bond acceptors (Lipinski definition) is 4. The van der Waals surface area contributed by atoms with Crippen LogP contribution in [0.5, 0.6) is 0 Å². The molecular formula is C26H29N3O3S. The van der Waals surface area contributed by atoms with Crippen LogP contribution in [0.4, 0.5) is 5.69 Å². The van der Waals surface area contributed by atoms with Gasteiger partial charge in [-0.05, 0) is 48.7 Å². The molecule has 1 aliphatic heterocycles. The maximum Gasteiger partial charge on any atom is 0.262 e. The largest absolute Gasteiger partial charge is 0.336 e. The van der Waals surface area contributed by atoms with Crippen LogP contribution in [0, 0.1) is 13.8 Å². The zero-order chi connectivity index (χ0) is 23.4. The summed E-state index contributed by atoms with van der Waals surface area (Å²) in [6, 6.07) is 22.4. The number of carbonyl (C=O) groups excluding carboxylic acids is 1. The number of aryl methyl sites for hydroxylation is 2. The minimum atomic E-state index is -3.83. The van der Waals surface area contributed by atoms with E-state index >= 15 is 0 Å². The number of hydrogen-bond donors (Lipinski definition) is 1. The Morgan fingerprint density at radius 2 is 1.52 bits per heavy atom. The molecule has 0 spiro atoms. The van der Waals surface area contributed by atoms with Gasteiger partial charge in [0.25, 0.3) is 15.9 Å². The van der Waals surface area contributed by atoms with Crippen LogP contribution < -0.4 is 4.72 Å². The van der Waals surface area contributed by atoms with E-state index in [4.69, 9.17) is 0 Å². The Labute approximate surface area is 195 Å². The normalized spacial score (nSPS) is 14.8. The summed E-state index contributed by atoms with van der Waals surface area (Å²) < 4.78 is 28.9. The molecule has 1 fully saturated rings. The Kier molecular flexibility index (Phi) is 6.81. The lowest BCUT2D eigenvalue weighted by molar-refractivity contribution is 0.0628. The third-order valence-corrected chi connectivity index (χ3v) is 7.53. The zero-order valence-corrected chi connectivity index (χ0v) is 19.8. The fraction of sp³-hybridized carbons (Fsp3) is 0.269. The lowest BCUT2D eigenvalue weighted by Gasteiger charge is -2.35. The van der Waals surface area contributed by atoms with Gasteiger partial charge in [-0.2, -0.15) is 0 Å². The van der Waals surface area contributed by atoms with Crippen molar-refractivity contribution in [3.8, 4) is 0 Å². The molecule has 3 aromatic rings. The highest BCUT2D eigenvalue weighted by Crippen LogP contribution is 2.23. The lowest BCUT2D eigenvalue weighted by Crippen LogP contribution is -2.48. The third kappa shape index (κ3) is 5.43. The van der Waals surface area contributed by atoms with Crippen molar-refractivity contribution in [2.24, 2.45) is 0 Å². The molecule has 1 aliphatic rings. The van der Waals surface area contributed by atoms with E-state index < -0.39 is 10.0 Å². The molecule has 0 unspecified atom stereocenters. The molecule has 1 heterocycles. The lowest BCUT2D eigenvalue weighted by atomic mass is 10.1. The molecule has 3 aromatic carbocycles. The molecular weight excluding hydrogens is 434 g/mol. The summed E-state index contributed by atoms with van der Waals surface area (Å²) in [5, 5.41) is 0. The highest BCUT2D eigenvalue weighted by molar-refractivity contribution is 7.92. The van der Waals surface area contributed by atoms with Gasteiger partial charge in [-0.3, -0.25) is 14.4 Å². The van der Waals surface area contributed by atoms with Crippen LogP contribution in [0.15, 0.2) is 77.7 Å². The first-order valence-corrected chi connectivity index (χ1v) is 12.6. The molecule has 0 bridgehead atoms. The number of piperazine rings is 1. The second kappa shape index (κ2) is 9.77. The second-order valence-electron chi connectivity index (χ2n) is 8.45. The van der Waals surface area contributed by atoms with Crippen molar-refractivity contribution in [3.63, 3.8) is 0 Å². The van der Waals surface area contributed by atoms with Gasteiger partial charge in [0.05, 0.1) is 10.6 Å². The zero-order valence-electron chi connectivity index (χ0n) is 19.0. The molecule has 1 N–H and O–H groups in total. The summed E-state index contributed by atoms with van der Waals surface area (Å²) in [6.07, 6.45) is 0. The maximum absolute atomic E-state index is 13.2. The number of rotatable bonds is 6. The molecule has 0 aliphatic carbocycles. The summed E-state index contributed by atoms with van der Waals surface area (Å²) in [6.45, 7) is 7.25. The van der Waals surface area contributed by atoms with Crippen LogP contribution >= 0.6 is 0 Å². The number of nitrogens with zero attached hydrogens (tertiary/aromatic N) is 2. The highest BCUT2D eigenvalue weighted by atomic mass is 32.2. The topological polar surface area (TPSA) is 69.7 Å². The van der Waals surface area contributed by atoms with Gasteiger partial charge < -0.3 is 4.90 Å². The number of benzene rings is 3. The molecule has 1 saturated heterocycles. The Balaban J connectivity index is 1.46. The van der Waals surface area contributed by atoms with Crippen molar-refractivity contribution in [1.82, 2.24) is 9.80 Å². The summed E-state index contributed by atoms with van der Waals surface area (Å²) in [7, 11) is -3.83. The van der Waals surface area contributed by atoms with E-state index in [9.17, 15) is 13.2 Å². The molecule has 0 radical (unpaired) electrons. The first-order valence-electron chi connectivity index (χ1n) is 11.1. The number of sulfonamides is 1. The van der Waals surface area contributed by atoms with Crippen molar-refractivity contribution < 1.29 is 13.2 Å². The van der Waals surface area contributed by atoms with Gasteiger partial charge in [0.1, 0.15) is 0 Å². The number of amides is 1. The van der Waals surface area contributed by atoms with Crippen LogP contribution in [-0.4, -0.2) is 50.3 Å². The van der Waals surface area contributed by atoms with Crippen LogP contribution in [0.2, 0.25) is 0 Å². The van der Waals surface area contributed by atoms with E-state index in [1.165, 1.54) is 11.6 Å². The Bertz CT molecular complexity index is 1230. The predicted molar refractivity (Wildman–Crippen MR) is 131 cm³/mol. The van der Waals surface area contributed by atoms with Crippen molar-refractivity contribution in [1.29, 1.82) is 0 Å². The summed E-state index contributed by atoms with van der Waals surface area (Å²) in [5.74, 6) is -0.137. The predicted octanol–water partition coefficient (Wildman–Crippen LogP) is 4.06. The molecule has 33 heavy (non-hydrogen) atoms. The molecule has 0 aromatic heterocycles. The van der Waals surface area contributed by atoms with Crippen molar-refractivity contribution >= 4 is 21.6 Å². The molecule has 0 atom stereocenters. The smallest absolute Gasteiger partial charge is 0.262 e. The first kappa shape index (κ1) is 23.0. The number of para-hydroxylation sites is 1. The van der Waals surface area contributed by atoms with E-state index in [0.29, 0.717) is 29.9 Å². The fourth-order valence-electron chi connectivity index (χ4n) is 4.04. The highest BCUT2D eigenvalue weighted by Gasteiger charge is 2.25. The van der Waals surface area contributed by atoms with E-state index in [1.54, 1.807) is 36.1 Å². The van der Waals surface area contributed by atoms with E-state index in [1.807, 2.05) is 37.3 Å². The standard InChI is InChI=1S/C26H29N3O3S/c1-20-8-6-7-11-24(20)27-33(31,32)25-18-23(13-12-21(25)2)26(30)29-16-14-28(15-17-29)19-22-9-4-3-5-10-22/h3-13,18,27H,14-17,19H2,1-2H3. The molecule has 1 amide bonds. The van der Waals surface area contributed by atoms with Gasteiger partial charge in [-0.15, -0.1) is 0 Å². The summed E-state index contributed by atoms with van der Waals surface area (Å²) in [4.78, 5) is 17.4. The van der Waals surface area contributed by atoms with E-state index in [-0.39, 0.29) is 10.8 Å². The van der Waals surface area contributed by atoms with Gasteiger partial charge in [-0.25, -0.2) is 8.42 Å². The first-order chi connectivity index (χ1) is 15.8. The molecule has 0 saturated carbocycles. The Morgan fingerprint density at radius 3 is 2.21 bits per heavy atom. The fourth-order valence-corrected chi connectivity index (χ4v) is 5.45. The van der Waals surface area contributed by atoms with Gasteiger partial charge in [0.2, 0.25) is 0 Å². The molecule has 172 valence electrons. The maximum atomic E-state index is 13.2. The molecule has 7 heteroatoms. The van der Waals surface area contributed by atoms with Crippen LogP contribution in [0.1, 0.15) is 27.0 Å². The van der Waals surface area contributed by atoms with Gasteiger partial charge in [-0.1, -0.05) is 54.6 Å². The average Bonchev–Trinajstić information content (AvgIpc) is 2.81. The Hall–Kier alpha value is -3.16. The molecule has 4 rings (SSSR count). The SMILES string of the molecule is Cc1ccccc1NS(=O)(=O)c1cc(C(=O)N2CCN(Cc3ccccc3)CC2)ccc1C.